The quantitative estimate of drug-likeness (QED) is 0.824. The number of benzene rings is 1. The van der Waals surface area contributed by atoms with Crippen molar-refractivity contribution >= 4 is 35.1 Å². The van der Waals surface area contributed by atoms with Gasteiger partial charge in [0, 0.05) is 28.2 Å². The third kappa shape index (κ3) is 2.89. The van der Waals surface area contributed by atoms with Gasteiger partial charge in [-0.15, -0.1) is 35.1 Å². The van der Waals surface area contributed by atoms with Crippen molar-refractivity contribution < 1.29 is 5.11 Å². The van der Waals surface area contributed by atoms with Crippen molar-refractivity contribution in [1.82, 2.24) is 0 Å². The fourth-order valence-electron chi connectivity index (χ4n) is 1.76. The molecule has 0 radical (unpaired) electrons. The van der Waals surface area contributed by atoms with Crippen LogP contribution in [0, 0.1) is 5.92 Å². The van der Waals surface area contributed by atoms with E-state index in [-0.39, 0.29) is 6.61 Å². The minimum Gasteiger partial charge on any atom is -0.396 e. The molecule has 4 heteroatoms. The highest BCUT2D eigenvalue weighted by atomic mass is 35.5. The van der Waals surface area contributed by atoms with E-state index in [2.05, 4.69) is 24.3 Å². The zero-order valence-electron chi connectivity index (χ0n) is 8.93. The van der Waals surface area contributed by atoms with E-state index < -0.39 is 0 Å². The molecule has 0 bridgehead atoms. The number of alkyl halides is 1. The molecule has 1 aromatic rings. The fraction of sp³-hybridized carbons (Fsp3) is 0.500. The lowest BCUT2D eigenvalue weighted by atomic mass is 10.1. The maximum absolute atomic E-state index is 9.42. The van der Waals surface area contributed by atoms with Crippen molar-refractivity contribution in [3.8, 4) is 0 Å². The van der Waals surface area contributed by atoms with Crippen LogP contribution in [0.1, 0.15) is 12.8 Å². The van der Waals surface area contributed by atoms with Crippen LogP contribution >= 0.6 is 35.1 Å². The van der Waals surface area contributed by atoms with Crippen LogP contribution in [-0.4, -0.2) is 22.2 Å². The van der Waals surface area contributed by atoms with Gasteiger partial charge in [0.2, 0.25) is 0 Å². The molecule has 16 heavy (non-hydrogen) atoms. The van der Waals surface area contributed by atoms with E-state index in [1.165, 1.54) is 9.79 Å². The highest BCUT2D eigenvalue weighted by Gasteiger charge is 2.29. The van der Waals surface area contributed by atoms with E-state index in [1.54, 1.807) is 0 Å². The maximum Gasteiger partial charge on any atom is 0.0647 e. The minimum atomic E-state index is 0.259. The van der Waals surface area contributed by atoms with E-state index in [0.29, 0.717) is 16.4 Å². The summed E-state index contributed by atoms with van der Waals surface area (Å²) in [6, 6.07) is 8.45. The normalized spacial score (nSPS) is 17.4. The van der Waals surface area contributed by atoms with Gasteiger partial charge in [0.25, 0.3) is 0 Å². The first-order valence-electron chi connectivity index (χ1n) is 5.44. The first-order valence-corrected chi connectivity index (χ1v) is 7.73. The number of aliphatic hydroxyl groups is 1. The van der Waals surface area contributed by atoms with Crippen LogP contribution in [-0.2, 0) is 0 Å². The van der Waals surface area contributed by atoms with Crippen molar-refractivity contribution in [2.45, 2.75) is 27.2 Å². The first-order chi connectivity index (χ1) is 7.85. The van der Waals surface area contributed by atoms with Crippen molar-refractivity contribution in [1.29, 1.82) is 0 Å². The number of hydrogen-bond donors (Lipinski definition) is 1. The van der Waals surface area contributed by atoms with Gasteiger partial charge in [-0.05, 0) is 25.0 Å². The molecule has 1 aromatic carbocycles. The molecule has 0 aliphatic carbocycles. The Morgan fingerprint density at radius 3 is 2.38 bits per heavy atom. The number of aliphatic hydroxyl groups excluding tert-OH is 1. The summed E-state index contributed by atoms with van der Waals surface area (Å²) in [5.41, 5.74) is 0. The lowest BCUT2D eigenvalue weighted by Crippen LogP contribution is -2.16. The van der Waals surface area contributed by atoms with Crippen LogP contribution in [0.3, 0.4) is 0 Å². The standard InChI is InChI=1S/C12H15ClOS2/c13-7-3-4-9(8-14)12-15-10-5-1-2-6-11(10)16-12/h1-2,5-6,9,12,14H,3-4,7-8H2. The summed E-state index contributed by atoms with van der Waals surface area (Å²) in [6.45, 7) is 0.259. The second kappa shape index (κ2) is 6.20. The van der Waals surface area contributed by atoms with Crippen molar-refractivity contribution in [2.75, 3.05) is 12.5 Å². The Labute approximate surface area is 110 Å². The third-order valence-electron chi connectivity index (χ3n) is 2.66. The summed E-state index contributed by atoms with van der Waals surface area (Å²) in [5.74, 6) is 1.03. The molecule has 0 spiro atoms. The predicted molar refractivity (Wildman–Crippen MR) is 72.5 cm³/mol. The monoisotopic (exact) mass is 274 g/mol. The van der Waals surface area contributed by atoms with Crippen LogP contribution in [0.25, 0.3) is 0 Å². The highest BCUT2D eigenvalue weighted by molar-refractivity contribution is 8.19. The van der Waals surface area contributed by atoms with Crippen molar-refractivity contribution in [3.05, 3.63) is 24.3 Å². The average molecular weight is 275 g/mol. The van der Waals surface area contributed by atoms with Crippen LogP contribution in [0.5, 0.6) is 0 Å². The van der Waals surface area contributed by atoms with Gasteiger partial charge >= 0.3 is 0 Å². The summed E-state index contributed by atoms with van der Waals surface area (Å²) < 4.78 is 0.450. The zero-order chi connectivity index (χ0) is 11.4. The molecule has 1 heterocycles. The second-order valence-corrected chi connectivity index (χ2v) is 6.87. The van der Waals surface area contributed by atoms with Gasteiger partial charge in [0.15, 0.2) is 0 Å². The number of rotatable bonds is 5. The van der Waals surface area contributed by atoms with Gasteiger partial charge in [-0.1, -0.05) is 12.1 Å². The van der Waals surface area contributed by atoms with E-state index in [9.17, 15) is 5.11 Å². The molecule has 88 valence electrons. The Hall–Kier alpha value is 0.170. The fourth-order valence-corrected chi connectivity index (χ4v) is 5.03. The van der Waals surface area contributed by atoms with Gasteiger partial charge in [0.05, 0.1) is 4.58 Å². The molecule has 1 aliphatic heterocycles. The van der Waals surface area contributed by atoms with Gasteiger partial charge in [-0.3, -0.25) is 0 Å². The summed E-state index contributed by atoms with van der Waals surface area (Å²) in [4.78, 5) is 2.70. The highest BCUT2D eigenvalue weighted by Crippen LogP contribution is 2.51. The van der Waals surface area contributed by atoms with E-state index >= 15 is 0 Å². The zero-order valence-corrected chi connectivity index (χ0v) is 11.3. The molecule has 1 nitrogen and oxygen atoms in total. The largest absolute Gasteiger partial charge is 0.396 e. The number of halogens is 1. The number of fused-ring (bicyclic) bond motifs is 1. The molecule has 1 aliphatic rings. The lowest BCUT2D eigenvalue weighted by molar-refractivity contribution is 0.228. The van der Waals surface area contributed by atoms with Crippen molar-refractivity contribution in [2.24, 2.45) is 5.92 Å². The molecule has 0 fully saturated rings. The van der Waals surface area contributed by atoms with Crippen LogP contribution in [0.2, 0.25) is 0 Å². The Morgan fingerprint density at radius 2 is 1.88 bits per heavy atom. The average Bonchev–Trinajstić information content (AvgIpc) is 2.73. The number of thioether (sulfide) groups is 2. The van der Waals surface area contributed by atoms with Crippen molar-refractivity contribution in [3.63, 3.8) is 0 Å². The van der Waals surface area contributed by atoms with Gasteiger partial charge < -0.3 is 5.11 Å². The minimum absolute atomic E-state index is 0.259. The summed E-state index contributed by atoms with van der Waals surface area (Å²) in [7, 11) is 0. The van der Waals surface area contributed by atoms with Crippen LogP contribution in [0.4, 0.5) is 0 Å². The molecular formula is C12H15ClOS2. The van der Waals surface area contributed by atoms with Crippen LogP contribution in [0.15, 0.2) is 34.1 Å². The molecule has 1 unspecified atom stereocenters. The molecule has 2 rings (SSSR count). The Morgan fingerprint density at radius 1 is 1.25 bits per heavy atom. The Bertz CT molecular complexity index is 321. The topological polar surface area (TPSA) is 20.2 Å². The van der Waals surface area contributed by atoms with Gasteiger partial charge in [0.1, 0.15) is 0 Å². The van der Waals surface area contributed by atoms with E-state index in [4.69, 9.17) is 11.6 Å². The predicted octanol–water partition coefficient (Wildman–Crippen LogP) is 3.84. The molecular weight excluding hydrogens is 260 g/mol. The second-order valence-electron chi connectivity index (χ2n) is 3.82. The molecule has 0 saturated heterocycles. The summed E-state index contributed by atoms with van der Waals surface area (Å²) in [6.07, 6.45) is 2.00. The first kappa shape index (κ1) is 12.6. The molecule has 1 N–H and O–H groups in total. The number of hydrogen-bond acceptors (Lipinski definition) is 3. The Kier molecular flexibility index (Phi) is 4.89. The summed E-state index contributed by atoms with van der Waals surface area (Å²) >= 11 is 9.46. The van der Waals surface area contributed by atoms with Gasteiger partial charge in [-0.2, -0.15) is 0 Å². The SMILES string of the molecule is OCC(CCCCl)C1Sc2ccccc2S1. The maximum atomic E-state index is 9.42. The summed E-state index contributed by atoms with van der Waals surface area (Å²) in [5, 5.41) is 9.42. The molecule has 0 aromatic heterocycles. The molecule has 0 saturated carbocycles. The van der Waals surface area contributed by atoms with Gasteiger partial charge in [-0.25, -0.2) is 0 Å². The van der Waals surface area contributed by atoms with E-state index in [0.717, 1.165) is 12.8 Å². The van der Waals surface area contributed by atoms with Crippen LogP contribution < -0.4 is 0 Å². The lowest BCUT2D eigenvalue weighted by Gasteiger charge is -2.19. The molecule has 1 atom stereocenters. The molecule has 0 amide bonds. The Balaban J connectivity index is 1.98. The smallest absolute Gasteiger partial charge is 0.0647 e. The van der Waals surface area contributed by atoms with E-state index in [1.807, 2.05) is 23.5 Å². The third-order valence-corrected chi connectivity index (χ3v) is 6.09.